The summed E-state index contributed by atoms with van der Waals surface area (Å²) in [5, 5.41) is 0.226. The summed E-state index contributed by atoms with van der Waals surface area (Å²) in [4.78, 5) is 11.5. The Morgan fingerprint density at radius 1 is 1.19 bits per heavy atom. The molecule has 1 aromatic carbocycles. The van der Waals surface area contributed by atoms with E-state index in [-0.39, 0.29) is 11.0 Å². The van der Waals surface area contributed by atoms with Gasteiger partial charge in [0.2, 0.25) is 0 Å². The molecule has 0 fully saturated rings. The summed E-state index contributed by atoms with van der Waals surface area (Å²) >= 11 is 12.2. The minimum Gasteiger partial charge on any atom is -0.433 e. The SMILES string of the molecule is O=c1c(Cl)nsnc1Oc1ccccc1Cl. The van der Waals surface area contributed by atoms with Crippen LogP contribution in [0.15, 0.2) is 29.1 Å². The zero-order valence-corrected chi connectivity index (χ0v) is 10.0. The van der Waals surface area contributed by atoms with Gasteiger partial charge in [-0.25, -0.2) is 0 Å². The van der Waals surface area contributed by atoms with E-state index >= 15 is 0 Å². The first-order valence-electron chi connectivity index (χ1n) is 4.13. The summed E-state index contributed by atoms with van der Waals surface area (Å²) in [6, 6.07) is 6.76. The maximum Gasteiger partial charge on any atom is 0.283 e. The molecule has 82 valence electrons. The minimum absolute atomic E-state index is 0.127. The average molecular weight is 275 g/mol. The van der Waals surface area contributed by atoms with Crippen LogP contribution < -0.4 is 10.2 Å². The molecule has 0 aliphatic heterocycles. The van der Waals surface area contributed by atoms with Gasteiger partial charge < -0.3 is 4.74 Å². The summed E-state index contributed by atoms with van der Waals surface area (Å²) < 4.78 is 12.6. The molecule has 2 aromatic rings. The smallest absolute Gasteiger partial charge is 0.283 e. The molecular formula is C9H4Cl2N2O2S. The second kappa shape index (κ2) is 4.78. The number of hydrogen-bond acceptors (Lipinski definition) is 5. The average Bonchev–Trinajstić information content (AvgIpc) is 2.28. The van der Waals surface area contributed by atoms with Gasteiger partial charge in [-0.05, 0) is 12.1 Å². The molecule has 0 amide bonds. The molecule has 0 spiro atoms. The molecule has 7 heteroatoms. The maximum absolute atomic E-state index is 11.5. The third-order valence-corrected chi connectivity index (χ3v) is 2.85. The molecule has 0 N–H and O–H groups in total. The van der Waals surface area contributed by atoms with Crippen LogP contribution in [0.25, 0.3) is 0 Å². The number of aromatic nitrogens is 2. The van der Waals surface area contributed by atoms with Crippen molar-refractivity contribution in [3.05, 3.63) is 44.7 Å². The highest BCUT2D eigenvalue weighted by Gasteiger charge is 2.10. The van der Waals surface area contributed by atoms with Crippen LogP contribution in [-0.2, 0) is 0 Å². The number of halogens is 2. The van der Waals surface area contributed by atoms with Crippen LogP contribution in [0.3, 0.4) is 0 Å². The maximum atomic E-state index is 11.5. The normalized spacial score (nSPS) is 10.1. The molecule has 1 aromatic heterocycles. The summed E-state index contributed by atoms with van der Waals surface area (Å²) in [5.74, 6) is 0.223. The van der Waals surface area contributed by atoms with Gasteiger partial charge in [0.15, 0.2) is 5.15 Å². The lowest BCUT2D eigenvalue weighted by Gasteiger charge is -2.04. The van der Waals surface area contributed by atoms with Crippen LogP contribution in [0.5, 0.6) is 11.6 Å². The van der Waals surface area contributed by atoms with E-state index in [1.165, 1.54) is 0 Å². The highest BCUT2D eigenvalue weighted by atomic mass is 35.5. The second-order valence-corrected chi connectivity index (χ2v) is 4.02. The first kappa shape index (κ1) is 11.3. The lowest BCUT2D eigenvalue weighted by molar-refractivity contribution is 0.462. The van der Waals surface area contributed by atoms with Crippen LogP contribution in [-0.4, -0.2) is 8.75 Å². The Hall–Kier alpha value is -1.17. The van der Waals surface area contributed by atoms with Gasteiger partial charge in [-0.15, -0.1) is 4.37 Å². The molecule has 4 nitrogen and oxygen atoms in total. The Labute approximate surface area is 105 Å². The zero-order valence-electron chi connectivity index (χ0n) is 7.68. The number of ether oxygens (including phenoxy) is 1. The van der Waals surface area contributed by atoms with Crippen LogP contribution >= 0.6 is 34.9 Å². The Morgan fingerprint density at radius 3 is 2.69 bits per heavy atom. The van der Waals surface area contributed by atoms with Gasteiger partial charge >= 0.3 is 0 Å². The van der Waals surface area contributed by atoms with Gasteiger partial charge in [0.05, 0.1) is 16.8 Å². The van der Waals surface area contributed by atoms with Crippen LogP contribution in [0.1, 0.15) is 0 Å². The summed E-state index contributed by atoms with van der Waals surface area (Å²) in [6.45, 7) is 0. The predicted molar refractivity (Wildman–Crippen MR) is 62.7 cm³/mol. The van der Waals surface area contributed by atoms with Crippen molar-refractivity contribution in [2.45, 2.75) is 0 Å². The summed E-state index contributed by atoms with van der Waals surface area (Å²) in [6.07, 6.45) is 0. The van der Waals surface area contributed by atoms with Crippen molar-refractivity contribution in [1.29, 1.82) is 0 Å². The second-order valence-electron chi connectivity index (χ2n) is 2.72. The fraction of sp³-hybridized carbons (Fsp3) is 0. The van der Waals surface area contributed by atoms with Gasteiger partial charge in [-0.2, -0.15) is 4.37 Å². The van der Waals surface area contributed by atoms with Gasteiger partial charge in [0.25, 0.3) is 11.3 Å². The molecule has 0 aliphatic rings. The fourth-order valence-electron chi connectivity index (χ4n) is 0.961. The number of para-hydroxylation sites is 1. The standard InChI is InChI=1S/C9H4Cl2N2O2S/c10-5-3-1-2-4-6(5)15-9-7(14)8(11)12-16-13-9/h1-4H. The fourth-order valence-corrected chi connectivity index (χ4v) is 1.70. The van der Waals surface area contributed by atoms with Crippen molar-refractivity contribution in [3.8, 4) is 11.6 Å². The quantitative estimate of drug-likeness (QED) is 0.845. The van der Waals surface area contributed by atoms with Crippen LogP contribution in [0, 0.1) is 0 Å². The third-order valence-electron chi connectivity index (χ3n) is 1.67. The van der Waals surface area contributed by atoms with Gasteiger partial charge in [0.1, 0.15) is 5.75 Å². The monoisotopic (exact) mass is 274 g/mol. The molecule has 1 heterocycles. The third kappa shape index (κ3) is 2.32. The lowest BCUT2D eigenvalue weighted by atomic mass is 10.3. The van der Waals surface area contributed by atoms with E-state index in [0.717, 1.165) is 11.7 Å². The van der Waals surface area contributed by atoms with E-state index in [1.54, 1.807) is 24.3 Å². The lowest BCUT2D eigenvalue weighted by Crippen LogP contribution is -2.07. The minimum atomic E-state index is -0.555. The molecule has 0 unspecified atom stereocenters. The molecule has 0 atom stereocenters. The molecule has 0 saturated carbocycles. The van der Waals surface area contributed by atoms with E-state index in [0.29, 0.717) is 10.8 Å². The predicted octanol–water partition coefficient (Wildman–Crippen LogP) is 3.00. The Balaban J connectivity index is 2.39. The van der Waals surface area contributed by atoms with Crippen LogP contribution in [0.2, 0.25) is 10.2 Å². The zero-order chi connectivity index (χ0) is 11.5. The van der Waals surface area contributed by atoms with Crippen molar-refractivity contribution < 1.29 is 4.74 Å². The van der Waals surface area contributed by atoms with E-state index < -0.39 is 5.43 Å². The molecule has 0 aliphatic carbocycles. The van der Waals surface area contributed by atoms with Gasteiger partial charge in [-0.3, -0.25) is 4.79 Å². The van der Waals surface area contributed by atoms with Crippen LogP contribution in [0.4, 0.5) is 0 Å². The van der Waals surface area contributed by atoms with E-state index in [4.69, 9.17) is 27.9 Å². The first-order valence-corrected chi connectivity index (χ1v) is 5.62. The first-order chi connectivity index (χ1) is 7.68. The molecule has 0 bridgehead atoms. The van der Waals surface area contributed by atoms with Gasteiger partial charge in [-0.1, -0.05) is 35.3 Å². The number of nitrogens with zero attached hydrogens (tertiary/aromatic N) is 2. The number of rotatable bonds is 2. The Bertz CT molecular complexity index is 573. The Kier molecular flexibility index (Phi) is 3.38. The van der Waals surface area contributed by atoms with Crippen molar-refractivity contribution >= 4 is 34.9 Å². The summed E-state index contributed by atoms with van der Waals surface area (Å²) in [5.41, 5.74) is -0.555. The largest absolute Gasteiger partial charge is 0.433 e. The highest BCUT2D eigenvalue weighted by molar-refractivity contribution is 6.99. The number of hydrogen-bond donors (Lipinski definition) is 0. The Morgan fingerprint density at radius 2 is 1.94 bits per heavy atom. The van der Waals surface area contributed by atoms with E-state index in [2.05, 4.69) is 8.75 Å². The molecular weight excluding hydrogens is 271 g/mol. The molecule has 0 radical (unpaired) electrons. The highest BCUT2D eigenvalue weighted by Crippen LogP contribution is 2.26. The summed E-state index contributed by atoms with van der Waals surface area (Å²) in [7, 11) is 0. The topological polar surface area (TPSA) is 52.1 Å². The number of benzene rings is 1. The van der Waals surface area contributed by atoms with Gasteiger partial charge in [0, 0.05) is 0 Å². The molecule has 0 saturated heterocycles. The van der Waals surface area contributed by atoms with Crippen molar-refractivity contribution in [3.63, 3.8) is 0 Å². The van der Waals surface area contributed by atoms with Crippen molar-refractivity contribution in [1.82, 2.24) is 8.75 Å². The van der Waals surface area contributed by atoms with Crippen molar-refractivity contribution in [2.24, 2.45) is 0 Å². The molecule has 16 heavy (non-hydrogen) atoms. The van der Waals surface area contributed by atoms with E-state index in [9.17, 15) is 4.79 Å². The molecule has 2 rings (SSSR count). The van der Waals surface area contributed by atoms with Crippen molar-refractivity contribution in [2.75, 3.05) is 0 Å². The van der Waals surface area contributed by atoms with E-state index in [1.807, 2.05) is 0 Å².